The van der Waals surface area contributed by atoms with Gasteiger partial charge >= 0.3 is 0 Å². The van der Waals surface area contributed by atoms with Gasteiger partial charge in [-0.2, -0.15) is 10.5 Å². The van der Waals surface area contributed by atoms with Crippen molar-refractivity contribution in [3.8, 4) is 17.9 Å². The molecule has 0 atom stereocenters. The second-order valence-corrected chi connectivity index (χ2v) is 6.83. The minimum absolute atomic E-state index is 0.0342. The Morgan fingerprint density at radius 2 is 1.71 bits per heavy atom. The van der Waals surface area contributed by atoms with Crippen LogP contribution >= 0.6 is 0 Å². The van der Waals surface area contributed by atoms with Crippen LogP contribution in [0.2, 0.25) is 0 Å². The van der Waals surface area contributed by atoms with E-state index in [1.807, 2.05) is 48.5 Å². The van der Waals surface area contributed by atoms with Crippen molar-refractivity contribution in [2.45, 2.75) is 13.0 Å². The second kappa shape index (κ2) is 11.0. The Morgan fingerprint density at radius 1 is 0.935 bits per heavy atom. The number of ether oxygens (including phenoxy) is 1. The van der Waals surface area contributed by atoms with Crippen molar-refractivity contribution < 1.29 is 9.53 Å². The number of nitriles is 2. The zero-order chi connectivity index (χ0) is 21.9. The van der Waals surface area contributed by atoms with E-state index in [1.165, 1.54) is 0 Å². The molecule has 3 rings (SSSR count). The Balaban J connectivity index is 1.60. The minimum Gasteiger partial charge on any atom is -0.489 e. The van der Waals surface area contributed by atoms with E-state index in [-0.39, 0.29) is 5.57 Å². The molecule has 0 radical (unpaired) electrons. The summed E-state index contributed by atoms with van der Waals surface area (Å²) in [5.41, 5.74) is 3.31. The first-order valence-corrected chi connectivity index (χ1v) is 9.84. The monoisotopic (exact) mass is 407 g/mol. The summed E-state index contributed by atoms with van der Waals surface area (Å²) in [7, 11) is 0. The summed E-state index contributed by atoms with van der Waals surface area (Å²) in [6.45, 7) is 0.764. The van der Waals surface area contributed by atoms with Gasteiger partial charge in [0, 0.05) is 6.54 Å². The van der Waals surface area contributed by atoms with E-state index < -0.39 is 5.91 Å². The van der Waals surface area contributed by atoms with Crippen LogP contribution in [-0.2, 0) is 17.8 Å². The van der Waals surface area contributed by atoms with E-state index in [1.54, 1.807) is 42.5 Å². The molecule has 1 amide bonds. The standard InChI is InChI=1S/C26H21N3O2/c27-17-22-9-4-10-23(14-22)19-31-25-11-5-8-21(16-25)15-24(18-28)26(30)29-13-12-20-6-2-1-3-7-20/h1-11,14-16H,12-13,19H2,(H,29,30)/b24-15+. The molecule has 3 aromatic carbocycles. The van der Waals surface area contributed by atoms with E-state index in [4.69, 9.17) is 10.00 Å². The number of carbonyl (C=O) groups is 1. The quantitative estimate of drug-likeness (QED) is 0.443. The van der Waals surface area contributed by atoms with Crippen LogP contribution in [0.25, 0.3) is 6.08 Å². The van der Waals surface area contributed by atoms with Crippen LogP contribution in [0.5, 0.6) is 5.75 Å². The van der Waals surface area contributed by atoms with Gasteiger partial charge in [0.15, 0.2) is 0 Å². The minimum atomic E-state index is -0.405. The summed E-state index contributed by atoms with van der Waals surface area (Å²) in [4.78, 5) is 12.4. The molecule has 0 aliphatic carbocycles. The molecule has 0 aliphatic rings. The average Bonchev–Trinajstić information content (AvgIpc) is 2.82. The van der Waals surface area contributed by atoms with Crippen LogP contribution in [-0.4, -0.2) is 12.5 Å². The third kappa shape index (κ3) is 6.59. The Hall–Kier alpha value is -4.35. The number of rotatable bonds is 8. The van der Waals surface area contributed by atoms with Crippen molar-refractivity contribution in [3.05, 3.63) is 107 Å². The molecule has 31 heavy (non-hydrogen) atoms. The highest BCUT2D eigenvalue weighted by Gasteiger charge is 2.09. The number of hydrogen-bond acceptors (Lipinski definition) is 4. The molecule has 0 heterocycles. The van der Waals surface area contributed by atoms with Crippen molar-refractivity contribution in [2.75, 3.05) is 6.54 Å². The van der Waals surface area contributed by atoms with Gasteiger partial charge in [0.1, 0.15) is 24.0 Å². The molecule has 1 N–H and O–H groups in total. The lowest BCUT2D eigenvalue weighted by Crippen LogP contribution is -2.26. The summed E-state index contributed by atoms with van der Waals surface area (Å²) >= 11 is 0. The molecule has 5 nitrogen and oxygen atoms in total. The van der Waals surface area contributed by atoms with E-state index in [0.29, 0.717) is 36.4 Å². The molecule has 0 saturated carbocycles. The van der Waals surface area contributed by atoms with Crippen molar-refractivity contribution in [1.82, 2.24) is 5.32 Å². The highest BCUT2D eigenvalue weighted by Crippen LogP contribution is 2.18. The number of nitrogens with one attached hydrogen (secondary N) is 1. The maximum atomic E-state index is 12.4. The van der Waals surface area contributed by atoms with Crippen molar-refractivity contribution in [3.63, 3.8) is 0 Å². The molecule has 152 valence electrons. The number of nitrogens with zero attached hydrogens (tertiary/aromatic N) is 2. The predicted octanol–water partition coefficient (Wildman–Crippen LogP) is 4.40. The van der Waals surface area contributed by atoms with Crippen molar-refractivity contribution >= 4 is 12.0 Å². The average molecular weight is 407 g/mol. The number of amides is 1. The summed E-state index contributed by atoms with van der Waals surface area (Å²) < 4.78 is 5.80. The zero-order valence-electron chi connectivity index (χ0n) is 16.9. The van der Waals surface area contributed by atoms with E-state index in [0.717, 1.165) is 11.1 Å². The molecule has 5 heteroatoms. The molecule has 0 aliphatic heterocycles. The van der Waals surface area contributed by atoms with Crippen LogP contribution in [0, 0.1) is 22.7 Å². The normalized spacial score (nSPS) is 10.6. The Bertz CT molecular complexity index is 1160. The number of carbonyl (C=O) groups excluding carboxylic acids is 1. The molecular weight excluding hydrogens is 386 g/mol. The fraction of sp³-hybridized carbons (Fsp3) is 0.115. The second-order valence-electron chi connectivity index (χ2n) is 6.83. The Kier molecular flexibility index (Phi) is 7.58. The Morgan fingerprint density at radius 3 is 2.48 bits per heavy atom. The summed E-state index contributed by atoms with van der Waals surface area (Å²) in [5, 5.41) is 21.2. The molecule has 0 saturated heterocycles. The van der Waals surface area contributed by atoms with Gasteiger partial charge in [-0.15, -0.1) is 0 Å². The van der Waals surface area contributed by atoms with Gasteiger partial charge in [-0.1, -0.05) is 54.6 Å². The maximum Gasteiger partial charge on any atom is 0.261 e. The van der Waals surface area contributed by atoms with Crippen LogP contribution in [0.1, 0.15) is 22.3 Å². The fourth-order valence-corrected chi connectivity index (χ4v) is 2.97. The Labute approximate surface area is 181 Å². The van der Waals surface area contributed by atoms with Crippen LogP contribution in [0.4, 0.5) is 0 Å². The molecule has 0 fully saturated rings. The van der Waals surface area contributed by atoms with Gasteiger partial charge in [-0.3, -0.25) is 4.79 Å². The lowest BCUT2D eigenvalue weighted by atomic mass is 10.1. The first-order valence-electron chi connectivity index (χ1n) is 9.84. The summed E-state index contributed by atoms with van der Waals surface area (Å²) in [6.07, 6.45) is 2.24. The smallest absolute Gasteiger partial charge is 0.261 e. The highest BCUT2D eigenvalue weighted by atomic mass is 16.5. The SMILES string of the molecule is N#C/C(=C\c1cccc(OCc2cccc(C#N)c2)c1)C(=O)NCCc1ccccc1. The highest BCUT2D eigenvalue weighted by molar-refractivity contribution is 6.01. The van der Waals surface area contributed by atoms with Crippen LogP contribution in [0.3, 0.4) is 0 Å². The molecular formula is C26H21N3O2. The molecule has 0 bridgehead atoms. The predicted molar refractivity (Wildman–Crippen MR) is 119 cm³/mol. The topological polar surface area (TPSA) is 85.9 Å². The summed E-state index contributed by atoms with van der Waals surface area (Å²) in [5.74, 6) is 0.205. The third-order valence-electron chi connectivity index (χ3n) is 4.54. The van der Waals surface area contributed by atoms with Gasteiger partial charge in [0.25, 0.3) is 5.91 Å². The van der Waals surface area contributed by atoms with Crippen molar-refractivity contribution in [2.24, 2.45) is 0 Å². The van der Waals surface area contributed by atoms with Gasteiger partial charge in [0.05, 0.1) is 11.6 Å². The number of benzene rings is 3. The fourth-order valence-electron chi connectivity index (χ4n) is 2.97. The summed E-state index contributed by atoms with van der Waals surface area (Å²) in [6, 6.07) is 28.3. The number of hydrogen-bond donors (Lipinski definition) is 1. The first kappa shape index (κ1) is 21.4. The van der Waals surface area contributed by atoms with E-state index in [9.17, 15) is 10.1 Å². The molecule has 0 aromatic heterocycles. The largest absolute Gasteiger partial charge is 0.489 e. The lowest BCUT2D eigenvalue weighted by Gasteiger charge is -2.08. The van der Waals surface area contributed by atoms with Gasteiger partial charge in [-0.05, 0) is 53.5 Å². The lowest BCUT2D eigenvalue weighted by molar-refractivity contribution is -0.117. The van der Waals surface area contributed by atoms with Gasteiger partial charge in [0.2, 0.25) is 0 Å². The van der Waals surface area contributed by atoms with E-state index >= 15 is 0 Å². The molecule has 0 spiro atoms. The van der Waals surface area contributed by atoms with E-state index in [2.05, 4.69) is 11.4 Å². The maximum absolute atomic E-state index is 12.4. The molecule has 0 unspecified atom stereocenters. The first-order chi connectivity index (χ1) is 15.2. The van der Waals surface area contributed by atoms with Crippen LogP contribution in [0.15, 0.2) is 84.4 Å². The third-order valence-corrected chi connectivity index (χ3v) is 4.54. The van der Waals surface area contributed by atoms with Crippen molar-refractivity contribution in [1.29, 1.82) is 10.5 Å². The van der Waals surface area contributed by atoms with Gasteiger partial charge in [-0.25, -0.2) is 0 Å². The van der Waals surface area contributed by atoms with Gasteiger partial charge < -0.3 is 10.1 Å². The molecule has 3 aromatic rings. The van der Waals surface area contributed by atoms with Crippen LogP contribution < -0.4 is 10.1 Å². The zero-order valence-corrected chi connectivity index (χ0v) is 16.9.